The average molecular weight is 379 g/mol. The summed E-state index contributed by atoms with van der Waals surface area (Å²) in [7, 11) is -3.43. The molecule has 1 N–H and O–H groups in total. The van der Waals surface area contributed by atoms with Crippen molar-refractivity contribution >= 4 is 21.8 Å². The van der Waals surface area contributed by atoms with E-state index >= 15 is 0 Å². The van der Waals surface area contributed by atoms with E-state index in [0.29, 0.717) is 25.9 Å². The molecule has 1 aliphatic heterocycles. The summed E-state index contributed by atoms with van der Waals surface area (Å²) in [6.07, 6.45) is 9.01. The van der Waals surface area contributed by atoms with Gasteiger partial charge in [-0.3, -0.25) is 0 Å². The van der Waals surface area contributed by atoms with Crippen LogP contribution in [0, 0.1) is 0 Å². The summed E-state index contributed by atoms with van der Waals surface area (Å²) in [6.45, 7) is 4.55. The molecule has 0 spiro atoms. The number of thioether (sulfide) groups is 1. The Kier molecular flexibility index (Phi) is 5.73. The van der Waals surface area contributed by atoms with Gasteiger partial charge in [0, 0.05) is 31.1 Å². The van der Waals surface area contributed by atoms with Crippen molar-refractivity contribution in [3.8, 4) is 0 Å². The van der Waals surface area contributed by atoms with Crippen molar-refractivity contribution in [2.24, 2.45) is 0 Å². The molecular weight excluding hydrogens is 352 g/mol. The molecule has 0 bridgehead atoms. The Morgan fingerprint density at radius 1 is 1.20 bits per heavy atom. The number of hydrogen-bond acceptors (Lipinski definition) is 4. The minimum Gasteiger partial charge on any atom is -0.314 e. The Morgan fingerprint density at radius 3 is 2.44 bits per heavy atom. The Hall–Kier alpha value is -1.08. The second-order valence-electron chi connectivity index (χ2n) is 6.73. The zero-order valence-electron chi connectivity index (χ0n) is 14.9. The maximum absolute atomic E-state index is 13.5. The molecule has 0 amide bonds. The zero-order chi connectivity index (χ0) is 17.9. The molecule has 0 aromatic heterocycles. The van der Waals surface area contributed by atoms with Crippen molar-refractivity contribution in [1.82, 2.24) is 9.62 Å². The molecule has 1 saturated heterocycles. The Morgan fingerprint density at radius 2 is 1.88 bits per heavy atom. The normalized spacial score (nSPS) is 25.0. The Balaban J connectivity index is 1.94. The first-order valence-electron chi connectivity index (χ1n) is 8.66. The second-order valence-corrected chi connectivity index (χ2v) is 9.89. The molecular formula is C19H26N2O2S2. The predicted molar refractivity (Wildman–Crippen MR) is 106 cm³/mol. The number of allylic oxidation sites excluding steroid dienone is 3. The summed E-state index contributed by atoms with van der Waals surface area (Å²) in [5.74, 6) is 0. The highest BCUT2D eigenvalue weighted by Gasteiger charge is 2.45. The molecule has 2 aliphatic rings. The maximum atomic E-state index is 13.5. The highest BCUT2D eigenvalue weighted by Crippen LogP contribution is 2.35. The van der Waals surface area contributed by atoms with Crippen LogP contribution in [0.4, 0.5) is 0 Å². The van der Waals surface area contributed by atoms with Gasteiger partial charge in [0.15, 0.2) is 0 Å². The van der Waals surface area contributed by atoms with Crippen molar-refractivity contribution in [3.05, 3.63) is 53.6 Å². The molecule has 1 fully saturated rings. The topological polar surface area (TPSA) is 49.4 Å². The van der Waals surface area contributed by atoms with E-state index in [1.54, 1.807) is 16.1 Å². The molecule has 1 aromatic rings. The second kappa shape index (κ2) is 7.66. The Labute approximate surface area is 155 Å². The Bertz CT molecular complexity index is 763. The molecule has 136 valence electrons. The third-order valence-electron chi connectivity index (χ3n) is 5.01. The van der Waals surface area contributed by atoms with Crippen molar-refractivity contribution in [2.45, 2.75) is 29.4 Å². The molecule has 6 heteroatoms. The van der Waals surface area contributed by atoms with E-state index in [1.807, 2.05) is 25.3 Å². The van der Waals surface area contributed by atoms with Crippen LogP contribution in [-0.2, 0) is 16.4 Å². The standard InChI is InChI=1S/C19H26N2O2S2/c1-16-7-9-19(10-8-16,15-17-3-5-18(24-2)6-4-17)25(22,23)21-13-11-20-12-14-21/h3-9,20H,10-15H2,1-2H3. The molecule has 4 nitrogen and oxygen atoms in total. The third kappa shape index (κ3) is 3.87. The minimum atomic E-state index is -3.43. The molecule has 1 aliphatic carbocycles. The summed E-state index contributed by atoms with van der Waals surface area (Å²) >= 11 is 1.69. The summed E-state index contributed by atoms with van der Waals surface area (Å²) in [5.41, 5.74) is 2.19. The van der Waals surface area contributed by atoms with Gasteiger partial charge in [-0.1, -0.05) is 35.9 Å². The van der Waals surface area contributed by atoms with E-state index in [0.717, 1.165) is 24.2 Å². The highest BCUT2D eigenvalue weighted by molar-refractivity contribution is 7.98. The highest BCUT2D eigenvalue weighted by atomic mass is 32.2. The van der Waals surface area contributed by atoms with Crippen molar-refractivity contribution < 1.29 is 8.42 Å². The first-order valence-corrected chi connectivity index (χ1v) is 11.3. The molecule has 25 heavy (non-hydrogen) atoms. The number of hydrogen-bond donors (Lipinski definition) is 1. The first kappa shape index (κ1) is 18.7. The van der Waals surface area contributed by atoms with Gasteiger partial charge in [-0.05, 0) is 43.7 Å². The summed E-state index contributed by atoms with van der Waals surface area (Å²) < 4.78 is 27.8. The van der Waals surface area contributed by atoms with Crippen LogP contribution < -0.4 is 5.32 Å². The largest absolute Gasteiger partial charge is 0.314 e. The van der Waals surface area contributed by atoms with E-state index in [4.69, 9.17) is 0 Å². The van der Waals surface area contributed by atoms with Gasteiger partial charge in [0.2, 0.25) is 10.0 Å². The molecule has 3 rings (SSSR count). The maximum Gasteiger partial charge on any atom is 0.224 e. The lowest BCUT2D eigenvalue weighted by molar-refractivity contribution is 0.348. The number of rotatable bonds is 5. The molecule has 0 radical (unpaired) electrons. The molecule has 1 unspecified atom stereocenters. The number of piperazine rings is 1. The van der Waals surface area contributed by atoms with Crippen LogP contribution >= 0.6 is 11.8 Å². The van der Waals surface area contributed by atoms with E-state index in [2.05, 4.69) is 35.7 Å². The van der Waals surface area contributed by atoms with Gasteiger partial charge in [0.1, 0.15) is 4.75 Å². The summed E-state index contributed by atoms with van der Waals surface area (Å²) in [4.78, 5) is 1.19. The van der Waals surface area contributed by atoms with Gasteiger partial charge in [-0.2, -0.15) is 4.31 Å². The van der Waals surface area contributed by atoms with Crippen LogP contribution in [-0.4, -0.2) is 49.9 Å². The smallest absolute Gasteiger partial charge is 0.224 e. The van der Waals surface area contributed by atoms with Crippen LogP contribution in [0.1, 0.15) is 18.9 Å². The lowest BCUT2D eigenvalue weighted by atomic mass is 9.90. The van der Waals surface area contributed by atoms with Crippen molar-refractivity contribution in [3.63, 3.8) is 0 Å². The number of nitrogens with zero attached hydrogens (tertiary/aromatic N) is 1. The van der Waals surface area contributed by atoms with Crippen LogP contribution in [0.15, 0.2) is 53.0 Å². The quantitative estimate of drug-likeness (QED) is 0.801. The predicted octanol–water partition coefficient (Wildman–Crippen LogP) is 2.83. The molecule has 1 aromatic carbocycles. The molecule has 0 saturated carbocycles. The SMILES string of the molecule is CSc1ccc(CC2(S(=O)(=O)N3CCNCC3)C=CC(C)=CC2)cc1. The van der Waals surface area contributed by atoms with E-state index < -0.39 is 14.8 Å². The fourth-order valence-corrected chi connectivity index (χ4v) is 5.87. The van der Waals surface area contributed by atoms with Gasteiger partial charge in [0.05, 0.1) is 0 Å². The van der Waals surface area contributed by atoms with Crippen LogP contribution in [0.2, 0.25) is 0 Å². The van der Waals surface area contributed by atoms with E-state index in [1.165, 1.54) is 4.90 Å². The first-order chi connectivity index (χ1) is 12.0. The average Bonchev–Trinajstić information content (AvgIpc) is 2.65. The number of sulfonamides is 1. The summed E-state index contributed by atoms with van der Waals surface area (Å²) in [6, 6.07) is 8.25. The minimum absolute atomic E-state index is 0.508. The van der Waals surface area contributed by atoms with Crippen LogP contribution in [0.25, 0.3) is 0 Å². The van der Waals surface area contributed by atoms with Gasteiger partial charge >= 0.3 is 0 Å². The van der Waals surface area contributed by atoms with E-state index in [9.17, 15) is 8.42 Å². The van der Waals surface area contributed by atoms with Gasteiger partial charge in [-0.25, -0.2) is 8.42 Å². The van der Waals surface area contributed by atoms with Crippen molar-refractivity contribution in [1.29, 1.82) is 0 Å². The van der Waals surface area contributed by atoms with Gasteiger partial charge in [-0.15, -0.1) is 11.8 Å². The summed E-state index contributed by atoms with van der Waals surface area (Å²) in [5, 5.41) is 3.23. The monoisotopic (exact) mass is 378 g/mol. The number of benzene rings is 1. The molecule has 1 heterocycles. The van der Waals surface area contributed by atoms with Gasteiger partial charge < -0.3 is 5.32 Å². The molecule has 1 atom stereocenters. The number of nitrogens with one attached hydrogen (secondary N) is 1. The van der Waals surface area contributed by atoms with Crippen LogP contribution in [0.5, 0.6) is 0 Å². The lowest BCUT2D eigenvalue weighted by Crippen LogP contribution is -2.54. The van der Waals surface area contributed by atoms with Crippen molar-refractivity contribution in [2.75, 3.05) is 32.4 Å². The zero-order valence-corrected chi connectivity index (χ0v) is 16.5. The van der Waals surface area contributed by atoms with E-state index in [-0.39, 0.29) is 0 Å². The van der Waals surface area contributed by atoms with Crippen LogP contribution in [0.3, 0.4) is 0 Å². The van der Waals surface area contributed by atoms with Gasteiger partial charge in [0.25, 0.3) is 0 Å². The fraction of sp³-hybridized carbons (Fsp3) is 0.474. The lowest BCUT2D eigenvalue weighted by Gasteiger charge is -2.38. The fourth-order valence-electron chi connectivity index (χ4n) is 3.40. The third-order valence-corrected chi connectivity index (χ3v) is 8.27.